The predicted molar refractivity (Wildman–Crippen MR) is 68.5 cm³/mol. The highest BCUT2D eigenvalue weighted by Gasteiger charge is 2.11. The lowest BCUT2D eigenvalue weighted by Crippen LogP contribution is -2.35. The van der Waals surface area contributed by atoms with E-state index >= 15 is 0 Å². The van der Waals surface area contributed by atoms with E-state index in [-0.39, 0.29) is 24.7 Å². The fourth-order valence-corrected chi connectivity index (χ4v) is 2.28. The van der Waals surface area contributed by atoms with Gasteiger partial charge in [0.05, 0.1) is 12.9 Å². The average molecular weight is 293 g/mol. The maximum atomic E-state index is 11.6. The number of aromatic nitrogens is 1. The second kappa shape index (κ2) is 6.66. The molecule has 2 N–H and O–H groups in total. The van der Waals surface area contributed by atoms with E-state index in [1.165, 1.54) is 13.2 Å². The Labute approximate surface area is 110 Å². The molecule has 9 heteroatoms. The molecule has 18 heavy (non-hydrogen) atoms. The molecule has 7 nitrogen and oxygen atoms in total. The summed E-state index contributed by atoms with van der Waals surface area (Å²) in [6, 6.07) is 1.52. The van der Waals surface area contributed by atoms with Crippen LogP contribution in [0.1, 0.15) is 16.6 Å². The van der Waals surface area contributed by atoms with Crippen molar-refractivity contribution in [1.82, 2.24) is 14.4 Å². The van der Waals surface area contributed by atoms with Crippen molar-refractivity contribution in [3.63, 3.8) is 0 Å². The van der Waals surface area contributed by atoms with Gasteiger partial charge in [-0.2, -0.15) is 4.37 Å². The zero-order chi connectivity index (χ0) is 13.6. The van der Waals surface area contributed by atoms with Crippen LogP contribution in [0.4, 0.5) is 0 Å². The van der Waals surface area contributed by atoms with Gasteiger partial charge in [-0.3, -0.25) is 4.79 Å². The number of methoxy groups -OCH3 is 1. The van der Waals surface area contributed by atoms with Crippen molar-refractivity contribution in [3.05, 3.63) is 10.9 Å². The zero-order valence-electron chi connectivity index (χ0n) is 10.1. The summed E-state index contributed by atoms with van der Waals surface area (Å²) in [5.41, 5.74) is 0. The van der Waals surface area contributed by atoms with Crippen molar-refractivity contribution in [2.75, 3.05) is 26.0 Å². The number of nitrogens with zero attached hydrogens (tertiary/aromatic N) is 1. The number of ether oxygens (including phenoxy) is 1. The molecule has 1 aromatic heterocycles. The average Bonchev–Trinajstić information content (AvgIpc) is 2.83. The summed E-state index contributed by atoms with van der Waals surface area (Å²) in [6.07, 6.45) is 0. The molecule has 0 aliphatic rings. The lowest BCUT2D eigenvalue weighted by Gasteiger charge is -2.05. The molecule has 1 amide bonds. The first-order chi connectivity index (χ1) is 8.48. The van der Waals surface area contributed by atoms with E-state index < -0.39 is 10.0 Å². The molecule has 1 rings (SSSR count). The van der Waals surface area contributed by atoms with Gasteiger partial charge in [-0.25, -0.2) is 13.1 Å². The van der Waals surface area contributed by atoms with Gasteiger partial charge in [0, 0.05) is 19.2 Å². The first-order valence-electron chi connectivity index (χ1n) is 5.24. The van der Waals surface area contributed by atoms with Gasteiger partial charge in [-0.1, -0.05) is 0 Å². The molecule has 1 aromatic rings. The standard InChI is InChI=1S/C9H15N3O4S2/c1-3-18(14,15)11-5-4-10-9(13)7-6-8(16-2)12-17-7/h6,11H,3-5H2,1-2H3,(H,10,13). The van der Waals surface area contributed by atoms with Crippen LogP contribution in [0.2, 0.25) is 0 Å². The van der Waals surface area contributed by atoms with Crippen LogP contribution >= 0.6 is 11.5 Å². The first kappa shape index (κ1) is 14.9. The molecule has 0 unspecified atom stereocenters. The van der Waals surface area contributed by atoms with Gasteiger partial charge in [0.15, 0.2) is 0 Å². The summed E-state index contributed by atoms with van der Waals surface area (Å²) < 4.78 is 33.3. The lowest BCUT2D eigenvalue weighted by molar-refractivity contribution is 0.0958. The quantitative estimate of drug-likeness (QED) is 0.680. The van der Waals surface area contributed by atoms with Crippen molar-refractivity contribution in [1.29, 1.82) is 0 Å². The van der Waals surface area contributed by atoms with E-state index in [1.54, 1.807) is 6.92 Å². The van der Waals surface area contributed by atoms with Crippen LogP contribution in [-0.2, 0) is 10.0 Å². The number of rotatable bonds is 7. The maximum Gasteiger partial charge on any atom is 0.263 e. The molecule has 0 aliphatic heterocycles. The van der Waals surface area contributed by atoms with Crippen molar-refractivity contribution in [3.8, 4) is 5.88 Å². The van der Waals surface area contributed by atoms with Crippen LogP contribution in [0.5, 0.6) is 5.88 Å². The number of carbonyl (C=O) groups is 1. The van der Waals surface area contributed by atoms with Crippen LogP contribution in [-0.4, -0.2) is 44.7 Å². The number of hydrogen-bond donors (Lipinski definition) is 2. The van der Waals surface area contributed by atoms with E-state index in [2.05, 4.69) is 14.4 Å². The Morgan fingerprint density at radius 1 is 1.50 bits per heavy atom. The molecule has 0 bridgehead atoms. The molecule has 1 heterocycles. The topological polar surface area (TPSA) is 97.4 Å². The van der Waals surface area contributed by atoms with Gasteiger partial charge in [-0.15, -0.1) is 0 Å². The maximum absolute atomic E-state index is 11.6. The van der Waals surface area contributed by atoms with E-state index in [1.807, 2.05) is 0 Å². The van der Waals surface area contributed by atoms with E-state index in [0.29, 0.717) is 10.8 Å². The molecule has 0 spiro atoms. The summed E-state index contributed by atoms with van der Waals surface area (Å²) in [6.45, 7) is 1.93. The Morgan fingerprint density at radius 2 is 2.22 bits per heavy atom. The molecular weight excluding hydrogens is 278 g/mol. The fourth-order valence-electron chi connectivity index (χ4n) is 1.03. The third-order valence-corrected chi connectivity index (χ3v) is 4.21. The second-order valence-corrected chi connectivity index (χ2v) is 6.19. The normalized spacial score (nSPS) is 11.2. The third kappa shape index (κ3) is 4.59. The number of sulfonamides is 1. The number of hydrogen-bond acceptors (Lipinski definition) is 6. The van der Waals surface area contributed by atoms with Gasteiger partial charge < -0.3 is 10.1 Å². The monoisotopic (exact) mass is 293 g/mol. The molecular formula is C9H15N3O4S2. The fraction of sp³-hybridized carbons (Fsp3) is 0.556. The molecule has 0 fully saturated rings. The van der Waals surface area contributed by atoms with Crippen LogP contribution in [0.15, 0.2) is 6.07 Å². The highest BCUT2D eigenvalue weighted by molar-refractivity contribution is 7.89. The molecule has 0 atom stereocenters. The van der Waals surface area contributed by atoms with E-state index in [0.717, 1.165) is 11.5 Å². The highest BCUT2D eigenvalue weighted by Crippen LogP contribution is 2.15. The Kier molecular flexibility index (Phi) is 5.51. The number of carbonyl (C=O) groups excluding carboxylic acids is 1. The van der Waals surface area contributed by atoms with E-state index in [9.17, 15) is 13.2 Å². The summed E-state index contributed by atoms with van der Waals surface area (Å²) >= 11 is 1.02. The van der Waals surface area contributed by atoms with Gasteiger partial charge in [0.25, 0.3) is 5.91 Å². The van der Waals surface area contributed by atoms with Crippen LogP contribution in [0.25, 0.3) is 0 Å². The molecule has 0 radical (unpaired) electrons. The van der Waals surface area contributed by atoms with Crippen LogP contribution < -0.4 is 14.8 Å². The van der Waals surface area contributed by atoms with Gasteiger partial charge in [0.1, 0.15) is 4.88 Å². The summed E-state index contributed by atoms with van der Waals surface area (Å²) in [5, 5.41) is 2.58. The SMILES string of the molecule is CCS(=O)(=O)NCCNC(=O)c1cc(OC)ns1. The molecule has 102 valence electrons. The zero-order valence-corrected chi connectivity index (χ0v) is 11.7. The minimum Gasteiger partial charge on any atom is -0.480 e. The number of amides is 1. The molecule has 0 saturated heterocycles. The van der Waals surface area contributed by atoms with Crippen molar-refractivity contribution < 1.29 is 17.9 Å². The van der Waals surface area contributed by atoms with Gasteiger partial charge in [0.2, 0.25) is 15.9 Å². The number of nitrogens with one attached hydrogen (secondary N) is 2. The van der Waals surface area contributed by atoms with Crippen molar-refractivity contribution >= 4 is 27.5 Å². The largest absolute Gasteiger partial charge is 0.480 e. The molecule has 0 saturated carbocycles. The molecule has 0 aliphatic carbocycles. The van der Waals surface area contributed by atoms with Gasteiger partial charge in [-0.05, 0) is 18.5 Å². The Hall–Kier alpha value is -1.19. The van der Waals surface area contributed by atoms with E-state index in [4.69, 9.17) is 4.74 Å². The first-order valence-corrected chi connectivity index (χ1v) is 7.67. The van der Waals surface area contributed by atoms with Crippen molar-refractivity contribution in [2.24, 2.45) is 0 Å². The Bertz CT molecular complexity index is 498. The lowest BCUT2D eigenvalue weighted by atomic mass is 10.4. The van der Waals surface area contributed by atoms with Crippen LogP contribution in [0.3, 0.4) is 0 Å². The molecule has 0 aromatic carbocycles. The summed E-state index contributed by atoms with van der Waals surface area (Å²) in [5.74, 6) is 0.107. The smallest absolute Gasteiger partial charge is 0.263 e. The Morgan fingerprint density at radius 3 is 2.78 bits per heavy atom. The van der Waals surface area contributed by atoms with Crippen LogP contribution in [0, 0.1) is 0 Å². The highest BCUT2D eigenvalue weighted by atomic mass is 32.2. The minimum atomic E-state index is -3.21. The van der Waals surface area contributed by atoms with Gasteiger partial charge >= 0.3 is 0 Å². The predicted octanol–water partition coefficient (Wildman–Crippen LogP) is -0.179. The Balaban J connectivity index is 2.34. The summed E-state index contributed by atoms with van der Waals surface area (Å²) in [4.78, 5) is 12.0. The second-order valence-electron chi connectivity index (χ2n) is 3.29. The minimum absolute atomic E-state index is 0.0208. The summed E-state index contributed by atoms with van der Waals surface area (Å²) in [7, 11) is -1.74. The van der Waals surface area contributed by atoms with Crippen molar-refractivity contribution in [2.45, 2.75) is 6.92 Å². The third-order valence-electron chi connectivity index (χ3n) is 2.03.